The summed E-state index contributed by atoms with van der Waals surface area (Å²) in [5.74, 6) is -0.235. The molecule has 0 amide bonds. The molecule has 0 aromatic heterocycles. The molecule has 14 nitrogen and oxygen atoms in total. The number of aliphatic hydroxyl groups is 9. The van der Waals surface area contributed by atoms with E-state index in [9.17, 15) is 46.0 Å². The topological polar surface area (TPSA) is 228 Å². The molecule has 5 aliphatic carbocycles. The SMILES string of the molecule is CC1(C)O[C@](C)([C@H]2[C@@H](O)C[C@@]3(C)[C@@H]4C[C@H](O[C@@H]5O[C@H](CO)[C@@H](O)[C@H](O)[C@H]5O)[C@H]5C(C)(C)[C@@H](O[C@@H]6OC[C@@H](O)[C@H](O)[C@H]6O)CC[C@@]56C[C@@]46CC[C@]23C)CC[C@@H]1O. The summed E-state index contributed by atoms with van der Waals surface area (Å²) >= 11 is 0. The van der Waals surface area contributed by atoms with E-state index >= 15 is 0 Å². The molecular weight excluding hydrogens is 716 g/mol. The quantitative estimate of drug-likeness (QED) is 0.169. The zero-order valence-electron chi connectivity index (χ0n) is 33.6. The molecule has 55 heavy (non-hydrogen) atoms. The van der Waals surface area contributed by atoms with Gasteiger partial charge in [0.05, 0.1) is 48.8 Å². The molecule has 3 saturated heterocycles. The number of hydrogen-bond donors (Lipinski definition) is 9. The molecule has 0 bridgehead atoms. The summed E-state index contributed by atoms with van der Waals surface area (Å²) < 4.78 is 32.0. The lowest BCUT2D eigenvalue weighted by atomic mass is 9.41. The van der Waals surface area contributed by atoms with E-state index in [4.69, 9.17) is 23.7 Å². The maximum Gasteiger partial charge on any atom is 0.186 e. The Labute approximate surface area is 324 Å². The van der Waals surface area contributed by atoms with Crippen LogP contribution < -0.4 is 0 Å². The average molecular weight is 785 g/mol. The van der Waals surface area contributed by atoms with Crippen LogP contribution in [0.5, 0.6) is 0 Å². The molecule has 5 saturated carbocycles. The van der Waals surface area contributed by atoms with Crippen molar-refractivity contribution in [1.29, 1.82) is 0 Å². The summed E-state index contributed by atoms with van der Waals surface area (Å²) in [5.41, 5.74) is -2.96. The van der Waals surface area contributed by atoms with Crippen LogP contribution in [0.3, 0.4) is 0 Å². The second-order valence-electron chi connectivity index (χ2n) is 21.0. The van der Waals surface area contributed by atoms with Crippen LogP contribution in [-0.2, 0) is 23.7 Å². The molecular formula is C41H68O14. The zero-order valence-corrected chi connectivity index (χ0v) is 33.6. The fraction of sp³-hybridized carbons (Fsp3) is 1.00. The van der Waals surface area contributed by atoms with Gasteiger partial charge in [-0.15, -0.1) is 0 Å². The van der Waals surface area contributed by atoms with Crippen molar-refractivity contribution < 1.29 is 69.6 Å². The Morgan fingerprint density at radius 1 is 0.655 bits per heavy atom. The van der Waals surface area contributed by atoms with Gasteiger partial charge in [0.2, 0.25) is 0 Å². The van der Waals surface area contributed by atoms with Gasteiger partial charge in [0.15, 0.2) is 12.6 Å². The van der Waals surface area contributed by atoms with Gasteiger partial charge < -0.3 is 69.6 Å². The minimum absolute atomic E-state index is 0.0665. The molecule has 14 heteroatoms. The van der Waals surface area contributed by atoms with Gasteiger partial charge in [-0.1, -0.05) is 27.7 Å². The van der Waals surface area contributed by atoms with Crippen LogP contribution in [-0.4, -0.2) is 150 Å². The lowest BCUT2D eigenvalue weighted by molar-refractivity contribution is -0.339. The Bertz CT molecular complexity index is 1460. The molecule has 0 aromatic carbocycles. The van der Waals surface area contributed by atoms with Crippen molar-refractivity contribution >= 4 is 0 Å². The highest BCUT2D eigenvalue weighted by Gasteiger charge is 2.85. The van der Waals surface area contributed by atoms with Crippen molar-refractivity contribution in [2.75, 3.05) is 13.2 Å². The minimum atomic E-state index is -1.60. The Morgan fingerprint density at radius 3 is 2.02 bits per heavy atom. The molecule has 21 atom stereocenters. The first-order valence-electron chi connectivity index (χ1n) is 20.9. The molecule has 3 heterocycles. The first-order chi connectivity index (χ1) is 25.5. The van der Waals surface area contributed by atoms with E-state index < -0.39 is 103 Å². The fourth-order valence-electron chi connectivity index (χ4n) is 15.0. The van der Waals surface area contributed by atoms with Gasteiger partial charge >= 0.3 is 0 Å². The van der Waals surface area contributed by atoms with E-state index in [-0.39, 0.29) is 46.0 Å². The lowest BCUT2D eigenvalue weighted by Crippen LogP contribution is -2.66. The van der Waals surface area contributed by atoms with E-state index in [1.54, 1.807) is 0 Å². The number of fused-ring (bicyclic) bond motifs is 2. The Balaban J connectivity index is 1.16. The second kappa shape index (κ2) is 13.2. The molecule has 0 radical (unpaired) electrons. The van der Waals surface area contributed by atoms with Gasteiger partial charge in [-0.2, -0.15) is 0 Å². The van der Waals surface area contributed by atoms with Gasteiger partial charge in [0, 0.05) is 5.92 Å². The second-order valence-corrected chi connectivity index (χ2v) is 21.0. The number of rotatable bonds is 6. The molecule has 0 aromatic rings. The van der Waals surface area contributed by atoms with Crippen molar-refractivity contribution in [3.8, 4) is 0 Å². The smallest absolute Gasteiger partial charge is 0.186 e. The predicted molar refractivity (Wildman–Crippen MR) is 194 cm³/mol. The van der Waals surface area contributed by atoms with E-state index in [0.29, 0.717) is 32.1 Å². The van der Waals surface area contributed by atoms with Crippen LogP contribution in [0.4, 0.5) is 0 Å². The standard InChI is InChI=1S/C41H68O14/c1-35(2)25(54-33-29(49)26(46)20(44)17-51-33)9-11-41-18-40(41)13-12-37(5)31(39(7)10-8-24(45)36(3,4)55-39)19(43)15-38(37,6)23(40)14-21(32(35)41)52-34-30(50)28(48)27(47)22(16-42)53-34/h19-34,42-50H,8-18H2,1-7H3/t19-,20+,21-,22+,23-,24-,25-,26-,27+,28-,29+,30+,31-,32-,33-,34+,37+,38-,39-,40-,41+/m0/s1. The zero-order chi connectivity index (χ0) is 40.1. The fourth-order valence-corrected chi connectivity index (χ4v) is 15.0. The summed E-state index contributed by atoms with van der Waals surface area (Å²) in [6.07, 6.45) is -8.00. The first-order valence-corrected chi connectivity index (χ1v) is 20.9. The summed E-state index contributed by atoms with van der Waals surface area (Å²) in [6, 6.07) is 0. The predicted octanol–water partition coefficient (Wildman–Crippen LogP) is 0.724. The molecule has 9 N–H and O–H groups in total. The monoisotopic (exact) mass is 784 g/mol. The number of hydrogen-bond acceptors (Lipinski definition) is 14. The van der Waals surface area contributed by atoms with Gasteiger partial charge in [-0.3, -0.25) is 0 Å². The van der Waals surface area contributed by atoms with E-state index in [0.717, 1.165) is 25.7 Å². The molecule has 0 unspecified atom stereocenters. The molecule has 8 aliphatic rings. The van der Waals surface area contributed by atoms with Crippen LogP contribution in [0, 0.1) is 44.8 Å². The number of aliphatic hydroxyl groups excluding tert-OH is 9. The van der Waals surface area contributed by atoms with Crippen molar-refractivity contribution in [3.05, 3.63) is 0 Å². The maximum atomic E-state index is 12.2. The van der Waals surface area contributed by atoms with Gasteiger partial charge in [-0.25, -0.2) is 0 Å². The van der Waals surface area contributed by atoms with Gasteiger partial charge in [0.1, 0.15) is 42.7 Å². The van der Waals surface area contributed by atoms with Crippen LogP contribution in [0.1, 0.15) is 106 Å². The third-order valence-corrected chi connectivity index (χ3v) is 17.7. The molecule has 316 valence electrons. The Hall–Kier alpha value is -0.560. The molecule has 8 fully saturated rings. The molecule has 3 aliphatic heterocycles. The van der Waals surface area contributed by atoms with Crippen molar-refractivity contribution in [2.24, 2.45) is 44.8 Å². The van der Waals surface area contributed by atoms with E-state index in [2.05, 4.69) is 34.6 Å². The highest BCUT2D eigenvalue weighted by atomic mass is 16.7. The lowest BCUT2D eigenvalue weighted by Gasteiger charge is -2.66. The Morgan fingerprint density at radius 2 is 1.35 bits per heavy atom. The van der Waals surface area contributed by atoms with E-state index in [1.807, 2.05) is 13.8 Å². The van der Waals surface area contributed by atoms with Crippen molar-refractivity contribution in [1.82, 2.24) is 0 Å². The normalized spacial score (nSPS) is 59.6. The van der Waals surface area contributed by atoms with Gasteiger partial charge in [0.25, 0.3) is 0 Å². The van der Waals surface area contributed by atoms with E-state index in [1.165, 1.54) is 0 Å². The molecule has 2 spiro atoms. The third-order valence-electron chi connectivity index (χ3n) is 17.7. The summed E-state index contributed by atoms with van der Waals surface area (Å²) in [4.78, 5) is 0. The summed E-state index contributed by atoms with van der Waals surface area (Å²) in [5, 5.41) is 97.2. The van der Waals surface area contributed by atoms with Crippen LogP contribution >= 0.6 is 0 Å². The van der Waals surface area contributed by atoms with Crippen LogP contribution in [0.15, 0.2) is 0 Å². The largest absolute Gasteiger partial charge is 0.394 e. The summed E-state index contributed by atoms with van der Waals surface area (Å²) in [6.45, 7) is 14.1. The van der Waals surface area contributed by atoms with Crippen molar-refractivity contribution in [2.45, 2.75) is 197 Å². The average Bonchev–Trinajstić information content (AvgIpc) is 3.70. The highest BCUT2D eigenvalue weighted by Crippen LogP contribution is 2.89. The third kappa shape index (κ3) is 5.63. The highest BCUT2D eigenvalue weighted by molar-refractivity contribution is 5.33. The number of ether oxygens (including phenoxy) is 5. The maximum absolute atomic E-state index is 12.2. The van der Waals surface area contributed by atoms with Crippen LogP contribution in [0.25, 0.3) is 0 Å². The minimum Gasteiger partial charge on any atom is -0.394 e. The van der Waals surface area contributed by atoms with Crippen molar-refractivity contribution in [3.63, 3.8) is 0 Å². The Kier molecular flexibility index (Phi) is 9.90. The van der Waals surface area contributed by atoms with Crippen LogP contribution in [0.2, 0.25) is 0 Å². The molecule has 8 rings (SSSR count). The first kappa shape index (κ1) is 41.2. The van der Waals surface area contributed by atoms with Gasteiger partial charge in [-0.05, 0) is 117 Å². The summed E-state index contributed by atoms with van der Waals surface area (Å²) in [7, 11) is 0.